The van der Waals surface area contributed by atoms with Gasteiger partial charge in [0.15, 0.2) is 0 Å². The molecule has 0 aliphatic rings. The largest absolute Gasteiger partial charge is 0.350 e. The molecule has 0 fully saturated rings. The summed E-state index contributed by atoms with van der Waals surface area (Å²) in [5, 5.41) is 6.00. The molecular formula is C17H23N5O. The Morgan fingerprint density at radius 2 is 2.00 bits per heavy atom. The van der Waals surface area contributed by atoms with Crippen molar-refractivity contribution in [2.24, 2.45) is 0 Å². The molecule has 0 saturated carbocycles. The molecule has 2 rings (SSSR count). The lowest BCUT2D eigenvalue weighted by molar-refractivity contribution is 0.0946. The third-order valence-corrected chi connectivity index (χ3v) is 3.43. The van der Waals surface area contributed by atoms with E-state index in [4.69, 9.17) is 0 Å². The fourth-order valence-corrected chi connectivity index (χ4v) is 2.04. The molecule has 0 aliphatic heterocycles. The van der Waals surface area contributed by atoms with E-state index in [1.807, 2.05) is 31.1 Å². The molecule has 0 aliphatic carbocycles. The molecule has 23 heavy (non-hydrogen) atoms. The van der Waals surface area contributed by atoms with Crippen molar-refractivity contribution in [2.75, 3.05) is 32.5 Å². The average Bonchev–Trinajstić information content (AvgIpc) is 2.54. The van der Waals surface area contributed by atoms with Crippen molar-refractivity contribution < 1.29 is 4.79 Å². The molecule has 6 heteroatoms. The number of nitrogens with zero attached hydrogens (tertiary/aromatic N) is 3. The van der Waals surface area contributed by atoms with Crippen molar-refractivity contribution in [2.45, 2.75) is 13.5 Å². The summed E-state index contributed by atoms with van der Waals surface area (Å²) in [5.41, 5.74) is 2.75. The molecule has 6 nitrogen and oxygen atoms in total. The normalized spacial score (nSPS) is 10.6. The van der Waals surface area contributed by atoms with Gasteiger partial charge in [-0.1, -0.05) is 24.3 Å². The van der Waals surface area contributed by atoms with Crippen molar-refractivity contribution >= 4 is 11.9 Å². The van der Waals surface area contributed by atoms with Crippen LogP contribution >= 0.6 is 0 Å². The lowest BCUT2D eigenvalue weighted by Crippen LogP contribution is -2.31. The minimum Gasteiger partial charge on any atom is -0.350 e. The molecule has 0 spiro atoms. The van der Waals surface area contributed by atoms with Crippen LogP contribution in [-0.4, -0.2) is 48.0 Å². The summed E-state index contributed by atoms with van der Waals surface area (Å²) in [6.45, 7) is 4.06. The number of likely N-dealkylation sites (N-methyl/N-ethyl adjacent to an activating group) is 1. The molecule has 0 saturated heterocycles. The second-order valence-corrected chi connectivity index (χ2v) is 5.60. The maximum absolute atomic E-state index is 12.1. The van der Waals surface area contributed by atoms with E-state index in [0.29, 0.717) is 24.7 Å². The molecule has 1 aromatic carbocycles. The second kappa shape index (κ2) is 8.24. The van der Waals surface area contributed by atoms with Gasteiger partial charge in [0, 0.05) is 25.8 Å². The first-order chi connectivity index (χ1) is 11.1. The van der Waals surface area contributed by atoms with Crippen molar-refractivity contribution in [3.05, 3.63) is 53.3 Å². The molecule has 0 unspecified atom stereocenters. The molecule has 0 atom stereocenters. The van der Waals surface area contributed by atoms with Gasteiger partial charge in [-0.25, -0.2) is 9.97 Å². The Hall–Kier alpha value is -2.47. The van der Waals surface area contributed by atoms with Crippen LogP contribution in [0.5, 0.6) is 0 Å². The maximum atomic E-state index is 12.1. The van der Waals surface area contributed by atoms with Crippen LogP contribution in [0.1, 0.15) is 21.6 Å². The number of amides is 1. The van der Waals surface area contributed by atoms with Gasteiger partial charge in [0.25, 0.3) is 5.91 Å². The lowest BCUT2D eigenvalue weighted by atomic mass is 10.1. The Labute approximate surface area is 137 Å². The Morgan fingerprint density at radius 1 is 1.22 bits per heavy atom. The molecule has 2 N–H and O–H groups in total. The smallest absolute Gasteiger partial charge is 0.270 e. The predicted octanol–water partition coefficient (Wildman–Crippen LogP) is 1.69. The number of carbonyl (C=O) groups is 1. The fourth-order valence-electron chi connectivity index (χ4n) is 2.04. The van der Waals surface area contributed by atoms with Gasteiger partial charge in [-0.05, 0) is 38.2 Å². The van der Waals surface area contributed by atoms with Gasteiger partial charge in [-0.15, -0.1) is 0 Å². The Bertz CT molecular complexity index is 657. The van der Waals surface area contributed by atoms with Crippen LogP contribution in [0.15, 0.2) is 36.5 Å². The first-order valence-corrected chi connectivity index (χ1v) is 7.60. The summed E-state index contributed by atoms with van der Waals surface area (Å²) in [6.07, 6.45) is 1.59. The van der Waals surface area contributed by atoms with Gasteiger partial charge < -0.3 is 15.5 Å². The number of hydrogen-bond donors (Lipinski definition) is 2. The second-order valence-electron chi connectivity index (χ2n) is 5.60. The third-order valence-electron chi connectivity index (χ3n) is 3.43. The van der Waals surface area contributed by atoms with Gasteiger partial charge in [0.2, 0.25) is 5.95 Å². The highest BCUT2D eigenvalue weighted by atomic mass is 16.1. The van der Waals surface area contributed by atoms with E-state index in [-0.39, 0.29) is 5.91 Å². The van der Waals surface area contributed by atoms with Crippen LogP contribution in [0.2, 0.25) is 0 Å². The number of benzene rings is 1. The quantitative estimate of drug-likeness (QED) is 0.814. The molecule has 1 amide bonds. The highest BCUT2D eigenvalue weighted by molar-refractivity contribution is 5.92. The van der Waals surface area contributed by atoms with Gasteiger partial charge >= 0.3 is 0 Å². The van der Waals surface area contributed by atoms with E-state index in [1.54, 1.807) is 12.3 Å². The molecule has 1 heterocycles. The number of aryl methyl sites for hydroxylation is 1. The van der Waals surface area contributed by atoms with Crippen LogP contribution < -0.4 is 10.6 Å². The monoisotopic (exact) mass is 313 g/mol. The first kappa shape index (κ1) is 16.9. The minimum absolute atomic E-state index is 0.187. The summed E-state index contributed by atoms with van der Waals surface area (Å²) >= 11 is 0. The Kier molecular flexibility index (Phi) is 6.05. The summed E-state index contributed by atoms with van der Waals surface area (Å²) in [4.78, 5) is 22.5. The Balaban J connectivity index is 1.94. The van der Waals surface area contributed by atoms with E-state index in [9.17, 15) is 4.79 Å². The minimum atomic E-state index is -0.187. The van der Waals surface area contributed by atoms with Gasteiger partial charge in [0.1, 0.15) is 5.69 Å². The standard InChI is InChI=1S/C17H23N5O/c1-13-6-4-5-7-14(13)12-20-17-19-9-8-15(21-17)16(23)18-10-11-22(2)3/h4-9H,10-12H2,1-3H3,(H,18,23)(H,19,20,21). The zero-order chi connectivity index (χ0) is 16.7. The number of rotatable bonds is 7. The van der Waals surface area contributed by atoms with Crippen molar-refractivity contribution in [1.29, 1.82) is 0 Å². The van der Waals surface area contributed by atoms with E-state index in [1.165, 1.54) is 11.1 Å². The molecule has 1 aromatic heterocycles. The van der Waals surface area contributed by atoms with Crippen LogP contribution in [0.3, 0.4) is 0 Å². The van der Waals surface area contributed by atoms with E-state index in [0.717, 1.165) is 6.54 Å². The topological polar surface area (TPSA) is 70.2 Å². The third kappa shape index (κ3) is 5.34. The highest BCUT2D eigenvalue weighted by Crippen LogP contribution is 2.09. The van der Waals surface area contributed by atoms with Crippen LogP contribution in [0.25, 0.3) is 0 Å². The number of hydrogen-bond acceptors (Lipinski definition) is 5. The van der Waals surface area contributed by atoms with Crippen LogP contribution in [0, 0.1) is 6.92 Å². The highest BCUT2D eigenvalue weighted by Gasteiger charge is 2.08. The van der Waals surface area contributed by atoms with Gasteiger partial charge in [0.05, 0.1) is 0 Å². The van der Waals surface area contributed by atoms with E-state index >= 15 is 0 Å². The molecule has 0 bridgehead atoms. The van der Waals surface area contributed by atoms with Gasteiger partial charge in [-0.3, -0.25) is 4.79 Å². The predicted molar refractivity (Wildman–Crippen MR) is 91.4 cm³/mol. The lowest BCUT2D eigenvalue weighted by Gasteiger charge is -2.11. The van der Waals surface area contributed by atoms with E-state index in [2.05, 4.69) is 39.7 Å². The number of aromatic nitrogens is 2. The maximum Gasteiger partial charge on any atom is 0.270 e. The average molecular weight is 313 g/mol. The summed E-state index contributed by atoms with van der Waals surface area (Å²) in [7, 11) is 3.93. The van der Waals surface area contributed by atoms with E-state index < -0.39 is 0 Å². The van der Waals surface area contributed by atoms with Crippen molar-refractivity contribution in [1.82, 2.24) is 20.2 Å². The number of anilines is 1. The number of nitrogens with one attached hydrogen (secondary N) is 2. The Morgan fingerprint density at radius 3 is 2.74 bits per heavy atom. The van der Waals surface area contributed by atoms with Crippen LogP contribution in [0.4, 0.5) is 5.95 Å². The molecular weight excluding hydrogens is 290 g/mol. The molecule has 2 aromatic rings. The summed E-state index contributed by atoms with van der Waals surface area (Å²) < 4.78 is 0. The van der Waals surface area contributed by atoms with Crippen molar-refractivity contribution in [3.63, 3.8) is 0 Å². The SMILES string of the molecule is Cc1ccccc1CNc1nccc(C(=O)NCCN(C)C)n1. The van der Waals surface area contributed by atoms with Crippen molar-refractivity contribution in [3.8, 4) is 0 Å². The fraction of sp³-hybridized carbons (Fsp3) is 0.353. The summed E-state index contributed by atoms with van der Waals surface area (Å²) in [5.74, 6) is 0.265. The summed E-state index contributed by atoms with van der Waals surface area (Å²) in [6, 6.07) is 9.74. The number of carbonyl (C=O) groups excluding carboxylic acids is 1. The molecule has 0 radical (unpaired) electrons. The zero-order valence-electron chi connectivity index (χ0n) is 13.8. The zero-order valence-corrected chi connectivity index (χ0v) is 13.8. The molecule has 122 valence electrons. The first-order valence-electron chi connectivity index (χ1n) is 7.60. The van der Waals surface area contributed by atoms with Crippen LogP contribution in [-0.2, 0) is 6.54 Å². The van der Waals surface area contributed by atoms with Gasteiger partial charge in [-0.2, -0.15) is 0 Å².